The molecule has 0 bridgehead atoms. The summed E-state index contributed by atoms with van der Waals surface area (Å²) in [5, 5.41) is 0. The van der Waals surface area contributed by atoms with Gasteiger partial charge in [-0.3, -0.25) is 4.99 Å². The first-order chi connectivity index (χ1) is 9.95. The predicted octanol–water partition coefficient (Wildman–Crippen LogP) is 2.56. The van der Waals surface area contributed by atoms with E-state index < -0.39 is 11.7 Å². The Balaban J connectivity index is 1.99. The number of rotatable bonds is 1. The summed E-state index contributed by atoms with van der Waals surface area (Å²) in [4.78, 5) is 8.45. The van der Waals surface area contributed by atoms with Gasteiger partial charge in [0, 0.05) is 37.6 Å². The zero-order valence-electron chi connectivity index (χ0n) is 11.5. The van der Waals surface area contributed by atoms with Crippen molar-refractivity contribution in [3.8, 4) is 0 Å². The standard InChI is InChI=1S/C14H17F3N4/c15-14(16,17)10-7-11(18)9-12(8-10)21-6-2-5-20-4-1-3-19-13(20)21/h7-9H,1-6,18H2. The molecule has 1 aromatic carbocycles. The van der Waals surface area contributed by atoms with Crippen LogP contribution in [0.3, 0.4) is 0 Å². The number of hydrogen-bond donors (Lipinski definition) is 1. The zero-order chi connectivity index (χ0) is 15.0. The number of anilines is 2. The van der Waals surface area contributed by atoms with Crippen molar-refractivity contribution in [1.29, 1.82) is 0 Å². The molecule has 0 spiro atoms. The topological polar surface area (TPSA) is 44.9 Å². The van der Waals surface area contributed by atoms with Crippen LogP contribution < -0.4 is 10.6 Å². The number of hydrogen-bond acceptors (Lipinski definition) is 4. The Morgan fingerprint density at radius 3 is 2.57 bits per heavy atom. The second-order valence-electron chi connectivity index (χ2n) is 5.34. The third kappa shape index (κ3) is 2.77. The van der Waals surface area contributed by atoms with Crippen molar-refractivity contribution >= 4 is 17.3 Å². The van der Waals surface area contributed by atoms with Crippen LogP contribution in [0.1, 0.15) is 18.4 Å². The summed E-state index contributed by atoms with van der Waals surface area (Å²) < 4.78 is 38.8. The van der Waals surface area contributed by atoms with E-state index in [1.165, 1.54) is 0 Å². The van der Waals surface area contributed by atoms with E-state index in [-0.39, 0.29) is 5.69 Å². The Morgan fingerprint density at radius 1 is 1.05 bits per heavy atom. The second-order valence-corrected chi connectivity index (χ2v) is 5.34. The number of alkyl halides is 3. The molecule has 1 fully saturated rings. The largest absolute Gasteiger partial charge is 0.416 e. The average Bonchev–Trinajstić information content (AvgIpc) is 2.45. The van der Waals surface area contributed by atoms with Gasteiger partial charge in [0.15, 0.2) is 0 Å². The van der Waals surface area contributed by atoms with Gasteiger partial charge in [0.2, 0.25) is 5.96 Å². The molecule has 0 unspecified atom stereocenters. The third-order valence-electron chi connectivity index (χ3n) is 3.75. The Kier molecular flexibility index (Phi) is 3.43. The summed E-state index contributed by atoms with van der Waals surface area (Å²) in [6.07, 6.45) is -2.51. The van der Waals surface area contributed by atoms with Crippen molar-refractivity contribution in [3.05, 3.63) is 23.8 Å². The highest BCUT2D eigenvalue weighted by atomic mass is 19.4. The van der Waals surface area contributed by atoms with Crippen LogP contribution in [0.15, 0.2) is 23.2 Å². The van der Waals surface area contributed by atoms with Crippen LogP contribution in [-0.2, 0) is 6.18 Å². The molecular formula is C14H17F3N4. The average molecular weight is 298 g/mol. The van der Waals surface area contributed by atoms with Crippen LogP contribution >= 0.6 is 0 Å². The molecule has 2 aliphatic rings. The Bertz CT molecular complexity index is 568. The fourth-order valence-electron chi connectivity index (χ4n) is 2.83. The van der Waals surface area contributed by atoms with Gasteiger partial charge < -0.3 is 15.5 Å². The van der Waals surface area contributed by atoms with E-state index in [1.54, 1.807) is 6.07 Å². The molecule has 0 aliphatic carbocycles. The molecule has 2 aliphatic heterocycles. The maximum Gasteiger partial charge on any atom is 0.416 e. The van der Waals surface area contributed by atoms with E-state index in [9.17, 15) is 13.2 Å². The van der Waals surface area contributed by atoms with Crippen LogP contribution in [0.5, 0.6) is 0 Å². The number of fused-ring (bicyclic) bond motifs is 1. The molecule has 0 aromatic heterocycles. The molecule has 0 saturated carbocycles. The normalized spacial score (nSPS) is 19.3. The monoisotopic (exact) mass is 298 g/mol. The molecule has 7 heteroatoms. The van der Waals surface area contributed by atoms with Gasteiger partial charge in [-0.2, -0.15) is 13.2 Å². The molecule has 1 saturated heterocycles. The van der Waals surface area contributed by atoms with Crippen LogP contribution in [0, 0.1) is 0 Å². The quantitative estimate of drug-likeness (QED) is 0.810. The number of guanidine groups is 1. The first-order valence-corrected chi connectivity index (χ1v) is 7.00. The van der Waals surface area contributed by atoms with E-state index in [0.29, 0.717) is 12.2 Å². The molecule has 3 rings (SSSR count). The third-order valence-corrected chi connectivity index (χ3v) is 3.75. The Morgan fingerprint density at radius 2 is 1.81 bits per heavy atom. The lowest BCUT2D eigenvalue weighted by atomic mass is 10.1. The van der Waals surface area contributed by atoms with Gasteiger partial charge in [0.05, 0.1) is 5.56 Å². The van der Waals surface area contributed by atoms with Gasteiger partial charge in [0.1, 0.15) is 0 Å². The summed E-state index contributed by atoms with van der Waals surface area (Å²) in [5.41, 5.74) is 5.52. The number of nitrogens with zero attached hydrogens (tertiary/aromatic N) is 3. The van der Waals surface area contributed by atoms with Gasteiger partial charge in [0.25, 0.3) is 0 Å². The van der Waals surface area contributed by atoms with Crippen LogP contribution in [0.2, 0.25) is 0 Å². The minimum absolute atomic E-state index is 0.119. The lowest BCUT2D eigenvalue weighted by Gasteiger charge is -2.41. The lowest BCUT2D eigenvalue weighted by Crippen LogP contribution is -2.52. The summed E-state index contributed by atoms with van der Waals surface area (Å²) in [6, 6.07) is 3.70. The molecule has 2 heterocycles. The van der Waals surface area contributed by atoms with Crippen LogP contribution in [-0.4, -0.2) is 37.0 Å². The molecule has 114 valence electrons. The van der Waals surface area contributed by atoms with E-state index >= 15 is 0 Å². The van der Waals surface area contributed by atoms with Crippen molar-refractivity contribution in [1.82, 2.24) is 4.90 Å². The van der Waals surface area contributed by atoms with Gasteiger partial charge in [-0.1, -0.05) is 0 Å². The number of aliphatic imine (C=N–C) groups is 1. The minimum atomic E-state index is -4.39. The van der Waals surface area contributed by atoms with Crippen molar-refractivity contribution in [3.63, 3.8) is 0 Å². The number of benzene rings is 1. The molecule has 0 atom stereocenters. The minimum Gasteiger partial charge on any atom is -0.399 e. The first kappa shape index (κ1) is 14.0. The molecule has 2 N–H and O–H groups in total. The van der Waals surface area contributed by atoms with E-state index in [2.05, 4.69) is 9.89 Å². The molecule has 21 heavy (non-hydrogen) atoms. The molecule has 4 nitrogen and oxygen atoms in total. The maximum absolute atomic E-state index is 12.9. The van der Waals surface area contributed by atoms with Gasteiger partial charge in [-0.15, -0.1) is 0 Å². The van der Waals surface area contributed by atoms with Crippen LogP contribution in [0.4, 0.5) is 24.5 Å². The highest BCUT2D eigenvalue weighted by molar-refractivity contribution is 5.97. The number of halogens is 3. The van der Waals surface area contributed by atoms with Gasteiger partial charge >= 0.3 is 6.18 Å². The fraction of sp³-hybridized carbons (Fsp3) is 0.500. The van der Waals surface area contributed by atoms with Crippen molar-refractivity contribution < 1.29 is 13.2 Å². The number of nitrogens with two attached hydrogens (primary N) is 1. The van der Waals surface area contributed by atoms with E-state index in [0.717, 1.165) is 50.6 Å². The smallest absolute Gasteiger partial charge is 0.399 e. The highest BCUT2D eigenvalue weighted by Crippen LogP contribution is 2.34. The van der Waals surface area contributed by atoms with Gasteiger partial charge in [-0.25, -0.2) is 0 Å². The van der Waals surface area contributed by atoms with E-state index in [1.807, 2.05) is 4.90 Å². The van der Waals surface area contributed by atoms with E-state index in [4.69, 9.17) is 5.73 Å². The van der Waals surface area contributed by atoms with Gasteiger partial charge in [-0.05, 0) is 31.0 Å². The number of nitrogen functional groups attached to an aromatic ring is 1. The molecular weight excluding hydrogens is 281 g/mol. The summed E-state index contributed by atoms with van der Waals surface area (Å²) in [6.45, 7) is 3.19. The highest BCUT2D eigenvalue weighted by Gasteiger charge is 2.33. The maximum atomic E-state index is 12.9. The van der Waals surface area contributed by atoms with Crippen molar-refractivity contribution in [2.24, 2.45) is 4.99 Å². The Hall–Kier alpha value is -1.92. The second kappa shape index (κ2) is 5.13. The fourth-order valence-corrected chi connectivity index (χ4v) is 2.83. The summed E-state index contributed by atoms with van der Waals surface area (Å²) in [5.74, 6) is 0.770. The van der Waals surface area contributed by atoms with Crippen molar-refractivity contribution in [2.75, 3.05) is 36.8 Å². The summed E-state index contributed by atoms with van der Waals surface area (Å²) in [7, 11) is 0. The predicted molar refractivity (Wildman–Crippen MR) is 76.3 cm³/mol. The SMILES string of the molecule is Nc1cc(N2CCCN3CCCN=C32)cc(C(F)(F)F)c1. The van der Waals surface area contributed by atoms with Crippen LogP contribution in [0.25, 0.3) is 0 Å². The molecule has 0 amide bonds. The zero-order valence-corrected chi connectivity index (χ0v) is 11.5. The summed E-state index contributed by atoms with van der Waals surface area (Å²) >= 11 is 0. The lowest BCUT2D eigenvalue weighted by molar-refractivity contribution is -0.137. The molecule has 1 aromatic rings. The van der Waals surface area contributed by atoms with Crippen molar-refractivity contribution in [2.45, 2.75) is 19.0 Å². The molecule has 0 radical (unpaired) electrons. The first-order valence-electron chi connectivity index (χ1n) is 7.00. The Labute approximate surface area is 121 Å².